The smallest absolute Gasteiger partial charge is 0.152 e. The molecule has 0 amide bonds. The van der Waals surface area contributed by atoms with Crippen LogP contribution in [0.4, 0.5) is 0 Å². The molecule has 0 atom stereocenters. The van der Waals surface area contributed by atoms with E-state index in [9.17, 15) is 4.79 Å². The van der Waals surface area contributed by atoms with Gasteiger partial charge in [0.15, 0.2) is 5.75 Å². The third-order valence-electron chi connectivity index (χ3n) is 2.26. The monoisotopic (exact) mass is 325 g/mol. The molecule has 0 fully saturated rings. The maximum atomic E-state index is 10.7. The molecule has 0 aliphatic rings. The Morgan fingerprint density at radius 1 is 1.44 bits per heavy atom. The molecular formula is C13H9BrClNO2. The second-order valence-electron chi connectivity index (χ2n) is 3.58. The van der Waals surface area contributed by atoms with Crippen molar-refractivity contribution in [2.24, 2.45) is 0 Å². The van der Waals surface area contributed by atoms with Crippen LogP contribution in [-0.2, 0) is 6.61 Å². The van der Waals surface area contributed by atoms with Crippen LogP contribution in [0.2, 0.25) is 5.02 Å². The first-order chi connectivity index (χ1) is 8.70. The van der Waals surface area contributed by atoms with Crippen molar-refractivity contribution in [2.45, 2.75) is 6.61 Å². The largest absolute Gasteiger partial charge is 0.486 e. The van der Waals surface area contributed by atoms with E-state index in [4.69, 9.17) is 16.3 Å². The Balaban J connectivity index is 2.17. The van der Waals surface area contributed by atoms with Gasteiger partial charge in [0, 0.05) is 23.5 Å². The van der Waals surface area contributed by atoms with Crippen molar-refractivity contribution in [1.29, 1.82) is 0 Å². The number of aldehydes is 1. The van der Waals surface area contributed by atoms with E-state index in [1.807, 2.05) is 12.1 Å². The van der Waals surface area contributed by atoms with Crippen molar-refractivity contribution in [3.8, 4) is 5.75 Å². The number of rotatable bonds is 4. The summed E-state index contributed by atoms with van der Waals surface area (Å²) in [6, 6.07) is 6.98. The Morgan fingerprint density at radius 2 is 2.28 bits per heavy atom. The van der Waals surface area contributed by atoms with E-state index in [1.54, 1.807) is 24.5 Å². The number of carbonyl (C=O) groups excluding carboxylic acids is 1. The second-order valence-corrected chi connectivity index (χ2v) is 4.84. The Bertz CT molecular complexity index is 537. The van der Waals surface area contributed by atoms with Gasteiger partial charge in [-0.1, -0.05) is 17.7 Å². The van der Waals surface area contributed by atoms with Crippen LogP contribution in [0.3, 0.4) is 0 Å². The average Bonchev–Trinajstić information content (AvgIpc) is 2.38. The molecule has 0 bridgehead atoms. The van der Waals surface area contributed by atoms with Crippen molar-refractivity contribution in [3.63, 3.8) is 0 Å². The predicted octanol–water partition coefficient (Wildman–Crippen LogP) is 3.89. The molecule has 0 aliphatic carbocycles. The summed E-state index contributed by atoms with van der Waals surface area (Å²) in [5.74, 6) is 0.520. The van der Waals surface area contributed by atoms with Crippen LogP contribution in [0.15, 0.2) is 41.1 Å². The summed E-state index contributed by atoms with van der Waals surface area (Å²) < 4.78 is 6.27. The number of carbonyl (C=O) groups is 1. The first kappa shape index (κ1) is 13.1. The molecule has 2 aromatic rings. The Hall–Kier alpha value is -1.39. The van der Waals surface area contributed by atoms with Crippen LogP contribution in [-0.4, -0.2) is 11.3 Å². The summed E-state index contributed by atoms with van der Waals surface area (Å²) in [5, 5.41) is 0.398. The minimum atomic E-state index is 0.368. The lowest BCUT2D eigenvalue weighted by atomic mass is 10.2. The van der Waals surface area contributed by atoms with Crippen LogP contribution in [0.5, 0.6) is 5.75 Å². The Kier molecular flexibility index (Phi) is 4.33. The van der Waals surface area contributed by atoms with Crippen molar-refractivity contribution < 1.29 is 9.53 Å². The highest BCUT2D eigenvalue weighted by Crippen LogP contribution is 2.34. The number of nitrogens with zero attached hydrogens (tertiary/aromatic N) is 1. The molecule has 0 spiro atoms. The van der Waals surface area contributed by atoms with Gasteiger partial charge < -0.3 is 4.74 Å². The summed E-state index contributed by atoms with van der Waals surface area (Å²) >= 11 is 9.38. The van der Waals surface area contributed by atoms with Crippen molar-refractivity contribution in [2.75, 3.05) is 0 Å². The van der Waals surface area contributed by atoms with Gasteiger partial charge in [-0.3, -0.25) is 9.78 Å². The first-order valence-corrected chi connectivity index (χ1v) is 6.33. The molecule has 92 valence electrons. The van der Waals surface area contributed by atoms with Gasteiger partial charge >= 0.3 is 0 Å². The number of pyridine rings is 1. The van der Waals surface area contributed by atoms with E-state index in [2.05, 4.69) is 20.9 Å². The number of aromatic nitrogens is 1. The molecule has 0 radical (unpaired) electrons. The summed E-state index contributed by atoms with van der Waals surface area (Å²) in [4.78, 5) is 14.7. The fourth-order valence-corrected chi connectivity index (χ4v) is 2.41. The molecular weight excluding hydrogens is 318 g/mol. The van der Waals surface area contributed by atoms with Gasteiger partial charge in [-0.15, -0.1) is 0 Å². The number of halogens is 2. The van der Waals surface area contributed by atoms with Crippen LogP contribution >= 0.6 is 27.5 Å². The molecule has 0 saturated carbocycles. The van der Waals surface area contributed by atoms with Crippen LogP contribution in [0, 0.1) is 0 Å². The number of hydrogen-bond acceptors (Lipinski definition) is 3. The normalized spacial score (nSPS) is 10.1. The van der Waals surface area contributed by atoms with E-state index >= 15 is 0 Å². The standard InChI is InChI=1S/C13H9BrClNO2/c14-11-4-10(7-17)5-12(15)13(11)18-8-9-2-1-3-16-6-9/h1-7H,8H2. The van der Waals surface area contributed by atoms with Crippen molar-refractivity contribution in [3.05, 3.63) is 57.3 Å². The van der Waals surface area contributed by atoms with Gasteiger partial charge in [0.2, 0.25) is 0 Å². The molecule has 0 saturated heterocycles. The predicted molar refractivity (Wildman–Crippen MR) is 73.1 cm³/mol. The molecule has 0 unspecified atom stereocenters. The maximum Gasteiger partial charge on any atom is 0.152 e. The number of ether oxygens (including phenoxy) is 1. The topological polar surface area (TPSA) is 39.2 Å². The molecule has 0 aliphatic heterocycles. The van der Waals surface area contributed by atoms with Gasteiger partial charge in [-0.25, -0.2) is 0 Å². The summed E-state index contributed by atoms with van der Waals surface area (Å²) in [6.07, 6.45) is 4.16. The lowest BCUT2D eigenvalue weighted by molar-refractivity contribution is 0.112. The zero-order valence-corrected chi connectivity index (χ0v) is 11.6. The fourth-order valence-electron chi connectivity index (χ4n) is 1.42. The summed E-state index contributed by atoms with van der Waals surface area (Å²) in [7, 11) is 0. The van der Waals surface area contributed by atoms with E-state index in [1.165, 1.54) is 0 Å². The van der Waals surface area contributed by atoms with E-state index in [0.29, 0.717) is 27.4 Å². The number of benzene rings is 1. The highest BCUT2D eigenvalue weighted by atomic mass is 79.9. The minimum Gasteiger partial charge on any atom is -0.486 e. The van der Waals surface area contributed by atoms with E-state index in [0.717, 1.165) is 11.8 Å². The first-order valence-electron chi connectivity index (χ1n) is 5.16. The average molecular weight is 327 g/mol. The van der Waals surface area contributed by atoms with Crippen LogP contribution in [0.1, 0.15) is 15.9 Å². The van der Waals surface area contributed by atoms with E-state index in [-0.39, 0.29) is 0 Å². The van der Waals surface area contributed by atoms with Gasteiger partial charge in [0.1, 0.15) is 12.9 Å². The second kappa shape index (κ2) is 5.98. The van der Waals surface area contributed by atoms with E-state index < -0.39 is 0 Å². The fraction of sp³-hybridized carbons (Fsp3) is 0.0769. The quantitative estimate of drug-likeness (QED) is 0.800. The SMILES string of the molecule is O=Cc1cc(Cl)c(OCc2cccnc2)c(Br)c1. The van der Waals surface area contributed by atoms with Crippen LogP contribution in [0.25, 0.3) is 0 Å². The molecule has 1 aromatic carbocycles. The van der Waals surface area contributed by atoms with Crippen molar-refractivity contribution in [1.82, 2.24) is 4.98 Å². The lowest BCUT2D eigenvalue weighted by Gasteiger charge is -2.10. The molecule has 2 rings (SSSR count). The van der Waals surface area contributed by atoms with Crippen molar-refractivity contribution >= 4 is 33.8 Å². The lowest BCUT2D eigenvalue weighted by Crippen LogP contribution is -1.97. The third-order valence-corrected chi connectivity index (χ3v) is 3.13. The zero-order valence-electron chi connectivity index (χ0n) is 9.27. The summed E-state index contributed by atoms with van der Waals surface area (Å²) in [5.41, 5.74) is 1.44. The molecule has 0 N–H and O–H groups in total. The highest BCUT2D eigenvalue weighted by molar-refractivity contribution is 9.10. The van der Waals surface area contributed by atoms with Crippen LogP contribution < -0.4 is 4.74 Å². The molecule has 18 heavy (non-hydrogen) atoms. The van der Waals surface area contributed by atoms with Gasteiger partial charge in [0.05, 0.1) is 9.50 Å². The van der Waals surface area contributed by atoms with Gasteiger partial charge in [-0.05, 0) is 34.1 Å². The summed E-state index contributed by atoms with van der Waals surface area (Å²) in [6.45, 7) is 0.368. The third kappa shape index (κ3) is 3.09. The maximum absolute atomic E-state index is 10.7. The number of hydrogen-bond donors (Lipinski definition) is 0. The Morgan fingerprint density at radius 3 is 2.89 bits per heavy atom. The highest BCUT2D eigenvalue weighted by Gasteiger charge is 2.09. The molecule has 1 aromatic heterocycles. The Labute approximate surface area is 118 Å². The minimum absolute atomic E-state index is 0.368. The molecule has 5 heteroatoms. The molecule has 3 nitrogen and oxygen atoms in total. The zero-order chi connectivity index (χ0) is 13.0. The van der Waals surface area contributed by atoms with Gasteiger partial charge in [0.25, 0.3) is 0 Å². The van der Waals surface area contributed by atoms with Gasteiger partial charge in [-0.2, -0.15) is 0 Å². The molecule has 1 heterocycles.